The number of sulfonamides is 1. The van der Waals surface area contributed by atoms with Crippen LogP contribution in [0.4, 0.5) is 13.2 Å². The molecule has 1 saturated carbocycles. The minimum absolute atomic E-state index is 0.152. The van der Waals surface area contributed by atoms with E-state index in [9.17, 15) is 41.7 Å². The molecule has 0 radical (unpaired) electrons. The number of nitrogens with one attached hydrogen (secondary N) is 1. The molecule has 0 saturated heterocycles. The summed E-state index contributed by atoms with van der Waals surface area (Å²) in [7, 11) is -5.68. The van der Waals surface area contributed by atoms with Crippen LogP contribution in [0.5, 0.6) is 0 Å². The summed E-state index contributed by atoms with van der Waals surface area (Å²) in [6.45, 7) is 2.07. The number of hydrogen-bond donors (Lipinski definition) is 4. The molecular weight excluding hydrogens is 451 g/mol. The summed E-state index contributed by atoms with van der Waals surface area (Å²) in [6.07, 6.45) is 9.23. The second kappa shape index (κ2) is 13.3. The van der Waals surface area contributed by atoms with Gasteiger partial charge in [0.2, 0.25) is 5.91 Å². The Hall–Kier alpha value is -1.43. The molecule has 0 aromatic carbocycles. The largest absolute Gasteiger partial charge is 0.516 e. The van der Waals surface area contributed by atoms with Crippen LogP contribution < -0.4 is 4.72 Å². The van der Waals surface area contributed by atoms with Gasteiger partial charge in [-0.15, -0.1) is 0 Å². The maximum Gasteiger partial charge on any atom is 0.516 e. The van der Waals surface area contributed by atoms with Crippen LogP contribution in [0.2, 0.25) is 0 Å². The third kappa shape index (κ3) is 9.60. The number of amides is 1. The van der Waals surface area contributed by atoms with E-state index in [4.69, 9.17) is 0 Å². The Bertz CT molecular complexity index is 738. The summed E-state index contributed by atoms with van der Waals surface area (Å²) in [5.74, 6) is -1.79. The van der Waals surface area contributed by atoms with Gasteiger partial charge in [-0.3, -0.25) is 4.79 Å². The second-order valence-corrected chi connectivity index (χ2v) is 9.81. The molecule has 7 nitrogen and oxygen atoms in total. The molecular formula is C21H34F3NO6S. The number of alkyl halides is 3. The van der Waals surface area contributed by atoms with Crippen molar-refractivity contribution in [1.29, 1.82) is 0 Å². The highest BCUT2D eigenvalue weighted by Crippen LogP contribution is 2.36. The molecule has 0 aliphatic heterocycles. The lowest BCUT2D eigenvalue weighted by molar-refractivity contribution is -0.120. The van der Waals surface area contributed by atoms with Crippen molar-refractivity contribution in [3.63, 3.8) is 0 Å². The summed E-state index contributed by atoms with van der Waals surface area (Å²) in [4.78, 5) is 11.4. The van der Waals surface area contributed by atoms with E-state index in [-0.39, 0.29) is 31.1 Å². The predicted octanol–water partition coefficient (Wildman–Crippen LogP) is 2.92. The van der Waals surface area contributed by atoms with Crippen LogP contribution in [-0.4, -0.2) is 53.5 Å². The average molecular weight is 486 g/mol. The van der Waals surface area contributed by atoms with Crippen molar-refractivity contribution in [3.8, 4) is 0 Å². The first-order chi connectivity index (χ1) is 14.9. The van der Waals surface area contributed by atoms with E-state index >= 15 is 0 Å². The number of aliphatic hydroxyl groups excluding tert-OH is 3. The number of hydrogen-bond acceptors (Lipinski definition) is 6. The van der Waals surface area contributed by atoms with Crippen molar-refractivity contribution >= 4 is 15.9 Å². The van der Waals surface area contributed by atoms with Crippen LogP contribution in [-0.2, 0) is 14.8 Å². The van der Waals surface area contributed by atoms with Gasteiger partial charge in [0, 0.05) is 18.8 Å². The summed E-state index contributed by atoms with van der Waals surface area (Å²) in [6, 6.07) is 0. The Labute approximate surface area is 187 Å². The SMILES string of the molecule is CCCCC[C@H](O)/C=C/[C@@H]1[C@@H](C/C=C\CCCC(=O)NS(=O)(=O)C(F)(F)F)[C@@H](O)C[C@H]1O. The molecule has 0 spiro atoms. The van der Waals surface area contributed by atoms with E-state index in [1.165, 1.54) is 0 Å². The monoisotopic (exact) mass is 485 g/mol. The van der Waals surface area contributed by atoms with Crippen molar-refractivity contribution in [2.24, 2.45) is 11.8 Å². The third-order valence-corrected chi connectivity index (χ3v) is 6.58. The maximum absolute atomic E-state index is 12.2. The first-order valence-corrected chi connectivity index (χ1v) is 12.4. The minimum Gasteiger partial charge on any atom is -0.393 e. The average Bonchev–Trinajstić information content (AvgIpc) is 2.94. The standard InChI is InChI=1S/C21H34F3NO6S/c1-2-3-6-9-15(26)12-13-17-16(18(27)14-19(17)28)10-7-4-5-8-11-20(29)25-32(30,31)21(22,23)24/h4,7,12-13,15-19,26-28H,2-3,5-6,8-11,14H2,1H3,(H,25,29)/b7-4-,13-12+/t15-,16+,17+,18-,19+/m0/s1. The molecule has 1 aliphatic carbocycles. The number of carbonyl (C=O) groups excluding carboxylic acids is 1. The Balaban J connectivity index is 2.45. The number of aliphatic hydroxyl groups is 3. The third-order valence-electron chi connectivity index (χ3n) is 5.48. The summed E-state index contributed by atoms with van der Waals surface area (Å²) < 4.78 is 59.4. The Morgan fingerprint density at radius 2 is 1.84 bits per heavy atom. The lowest BCUT2D eigenvalue weighted by Crippen LogP contribution is -2.40. The topological polar surface area (TPSA) is 124 Å². The van der Waals surface area contributed by atoms with Crippen LogP contribution in [0.1, 0.15) is 64.7 Å². The molecule has 1 fully saturated rings. The van der Waals surface area contributed by atoms with E-state index in [2.05, 4.69) is 6.92 Å². The maximum atomic E-state index is 12.2. The molecule has 0 aromatic rings. The van der Waals surface area contributed by atoms with Crippen LogP contribution >= 0.6 is 0 Å². The fourth-order valence-corrected chi connectivity index (χ4v) is 4.19. The Kier molecular flexibility index (Phi) is 11.9. The number of allylic oxidation sites excluding steroid dienone is 2. The molecule has 1 amide bonds. The Morgan fingerprint density at radius 1 is 1.16 bits per heavy atom. The molecule has 1 aliphatic rings. The Morgan fingerprint density at radius 3 is 2.47 bits per heavy atom. The first-order valence-electron chi connectivity index (χ1n) is 10.9. The minimum atomic E-state index is -5.68. The normalized spacial score (nSPS) is 25.6. The van der Waals surface area contributed by atoms with Gasteiger partial charge in [-0.2, -0.15) is 21.6 Å². The molecule has 186 valence electrons. The lowest BCUT2D eigenvalue weighted by atomic mass is 9.89. The van der Waals surface area contributed by atoms with Gasteiger partial charge in [0.1, 0.15) is 0 Å². The summed E-state index contributed by atoms with van der Waals surface area (Å²) >= 11 is 0. The van der Waals surface area contributed by atoms with Gasteiger partial charge in [-0.25, -0.2) is 4.72 Å². The van der Waals surface area contributed by atoms with Crippen molar-refractivity contribution < 1.29 is 41.7 Å². The number of unbranched alkanes of at least 4 members (excludes halogenated alkanes) is 3. The highest BCUT2D eigenvalue weighted by Gasteiger charge is 2.46. The van der Waals surface area contributed by atoms with Crippen LogP contribution in [0.3, 0.4) is 0 Å². The van der Waals surface area contributed by atoms with Gasteiger partial charge in [0.25, 0.3) is 0 Å². The van der Waals surface area contributed by atoms with Crippen molar-refractivity contribution in [2.75, 3.05) is 0 Å². The van der Waals surface area contributed by atoms with E-state index < -0.39 is 39.8 Å². The van der Waals surface area contributed by atoms with Gasteiger partial charge in [-0.1, -0.05) is 50.5 Å². The number of halogens is 3. The number of rotatable bonds is 13. The van der Waals surface area contributed by atoms with Gasteiger partial charge in [0.05, 0.1) is 18.3 Å². The number of carbonyl (C=O) groups is 1. The van der Waals surface area contributed by atoms with Crippen molar-refractivity contribution in [3.05, 3.63) is 24.3 Å². The quantitative estimate of drug-likeness (QED) is 0.235. The molecule has 0 unspecified atom stereocenters. The molecule has 4 N–H and O–H groups in total. The molecule has 5 atom stereocenters. The fraction of sp³-hybridized carbons (Fsp3) is 0.762. The summed E-state index contributed by atoms with van der Waals surface area (Å²) in [5, 5.41) is 30.5. The highest BCUT2D eigenvalue weighted by molar-refractivity contribution is 7.90. The molecule has 0 bridgehead atoms. The zero-order chi connectivity index (χ0) is 24.4. The smallest absolute Gasteiger partial charge is 0.393 e. The lowest BCUT2D eigenvalue weighted by Gasteiger charge is -2.19. The zero-order valence-electron chi connectivity index (χ0n) is 18.2. The first kappa shape index (κ1) is 28.6. The van der Waals surface area contributed by atoms with Crippen molar-refractivity contribution in [1.82, 2.24) is 4.72 Å². The van der Waals surface area contributed by atoms with Gasteiger partial charge >= 0.3 is 15.5 Å². The summed E-state index contributed by atoms with van der Waals surface area (Å²) in [5.41, 5.74) is -5.54. The van der Waals surface area contributed by atoms with Gasteiger partial charge in [0.15, 0.2) is 0 Å². The van der Waals surface area contributed by atoms with Crippen molar-refractivity contribution in [2.45, 2.75) is 88.5 Å². The highest BCUT2D eigenvalue weighted by atomic mass is 32.2. The van der Waals surface area contributed by atoms with E-state index in [0.717, 1.165) is 24.0 Å². The van der Waals surface area contributed by atoms with Crippen LogP contribution in [0, 0.1) is 11.8 Å². The predicted molar refractivity (Wildman–Crippen MR) is 114 cm³/mol. The molecule has 1 rings (SSSR count). The zero-order valence-corrected chi connectivity index (χ0v) is 19.0. The van der Waals surface area contributed by atoms with E-state index in [0.29, 0.717) is 19.3 Å². The molecule has 32 heavy (non-hydrogen) atoms. The molecule has 11 heteroatoms. The van der Waals surface area contributed by atoms with Gasteiger partial charge < -0.3 is 15.3 Å². The van der Waals surface area contributed by atoms with E-state index in [1.807, 2.05) is 0 Å². The fourth-order valence-electron chi connectivity index (χ4n) is 3.67. The molecule has 0 heterocycles. The van der Waals surface area contributed by atoms with E-state index in [1.54, 1.807) is 24.3 Å². The molecule has 0 aromatic heterocycles. The van der Waals surface area contributed by atoms with Crippen LogP contribution in [0.15, 0.2) is 24.3 Å². The second-order valence-electron chi connectivity index (χ2n) is 8.13. The van der Waals surface area contributed by atoms with Gasteiger partial charge in [-0.05, 0) is 31.6 Å². The van der Waals surface area contributed by atoms with Crippen LogP contribution in [0.25, 0.3) is 0 Å².